The number of methoxy groups -OCH3 is 2. The summed E-state index contributed by atoms with van der Waals surface area (Å²) in [7, 11) is 8.88. The second kappa shape index (κ2) is 27.8. The maximum atomic E-state index is 13.5. The molecule has 0 bridgehead atoms. The van der Waals surface area contributed by atoms with Crippen molar-refractivity contribution >= 4 is 112 Å². The highest BCUT2D eigenvalue weighted by Gasteiger charge is 2.31. The maximum absolute atomic E-state index is 13.5. The van der Waals surface area contributed by atoms with E-state index in [1.807, 2.05) is 24.3 Å². The third-order valence-corrected chi connectivity index (χ3v) is 10.9. The zero-order valence-electron chi connectivity index (χ0n) is 33.9. The minimum Gasteiger partial charge on any atom is -0.494 e. The van der Waals surface area contributed by atoms with Crippen LogP contribution < -0.4 is 20.1 Å². The van der Waals surface area contributed by atoms with Crippen LogP contribution in [0.1, 0.15) is 57.6 Å². The quantitative estimate of drug-likeness (QED) is 0.0461. The minimum atomic E-state index is -0.782. The number of benzene rings is 2. The van der Waals surface area contributed by atoms with E-state index in [2.05, 4.69) is 103 Å². The number of carbonyl (C=O) groups excluding carboxylic acids is 3. The van der Waals surface area contributed by atoms with E-state index in [4.69, 9.17) is 14.2 Å². The fourth-order valence-electron chi connectivity index (χ4n) is 5.60. The van der Waals surface area contributed by atoms with Gasteiger partial charge in [-0.05, 0) is 186 Å². The van der Waals surface area contributed by atoms with Gasteiger partial charge >= 0.3 is 6.09 Å². The SMILES string of the molecule is COc1c(Br)cc(C/C(=N\O)C(=O)NCCCN(C)CCCCN(C)CCCNC(=O)[C@H](Cc2cc(Br)c(OC)c(Br)c2)N(C)C(=O)OC(C)(C)C)cc1Br.Cl.Cl. The van der Waals surface area contributed by atoms with Crippen LogP contribution in [0.2, 0.25) is 0 Å². The first-order valence-electron chi connectivity index (χ1n) is 18.0. The molecule has 0 aliphatic carbocycles. The number of nitrogens with zero attached hydrogens (tertiary/aromatic N) is 4. The molecule has 0 radical (unpaired) electrons. The van der Waals surface area contributed by atoms with Crippen molar-refractivity contribution in [2.24, 2.45) is 5.16 Å². The van der Waals surface area contributed by atoms with Crippen LogP contribution in [-0.4, -0.2) is 130 Å². The van der Waals surface area contributed by atoms with Crippen LogP contribution >= 0.6 is 88.5 Å². The third-order valence-electron chi connectivity index (χ3n) is 8.51. The molecule has 3 amide bonds. The van der Waals surface area contributed by atoms with Gasteiger partial charge in [0.25, 0.3) is 5.91 Å². The van der Waals surface area contributed by atoms with Crippen molar-refractivity contribution in [3.8, 4) is 11.5 Å². The summed E-state index contributed by atoms with van der Waals surface area (Å²) in [4.78, 5) is 44.9. The third kappa shape index (κ3) is 19.8. The van der Waals surface area contributed by atoms with Gasteiger partial charge in [-0.2, -0.15) is 0 Å². The largest absolute Gasteiger partial charge is 0.494 e. The lowest BCUT2D eigenvalue weighted by molar-refractivity contribution is -0.126. The molecule has 1 atom stereocenters. The molecule has 2 rings (SSSR count). The molecule has 0 saturated carbocycles. The number of likely N-dealkylation sites (N-methyl/N-ethyl adjacent to an activating group) is 1. The number of oxime groups is 1. The fraction of sp³-hybridized carbons (Fsp3) is 0.579. The van der Waals surface area contributed by atoms with Crippen LogP contribution in [0.3, 0.4) is 0 Å². The Labute approximate surface area is 384 Å². The average Bonchev–Trinajstić information content (AvgIpc) is 3.10. The van der Waals surface area contributed by atoms with E-state index in [0.717, 1.165) is 80.9 Å². The lowest BCUT2D eigenvalue weighted by Crippen LogP contribution is -2.50. The Morgan fingerprint density at radius 3 is 1.58 bits per heavy atom. The van der Waals surface area contributed by atoms with E-state index in [1.54, 1.807) is 42.0 Å². The summed E-state index contributed by atoms with van der Waals surface area (Å²) in [6.07, 6.45) is 3.45. The smallest absolute Gasteiger partial charge is 0.410 e. The van der Waals surface area contributed by atoms with Gasteiger partial charge in [0.1, 0.15) is 28.9 Å². The van der Waals surface area contributed by atoms with Gasteiger partial charge in [-0.3, -0.25) is 14.5 Å². The first kappa shape index (κ1) is 55.1. The van der Waals surface area contributed by atoms with Crippen LogP contribution in [0.25, 0.3) is 0 Å². The Morgan fingerprint density at radius 1 is 0.737 bits per heavy atom. The molecule has 13 nitrogen and oxygen atoms in total. The molecule has 19 heteroatoms. The molecule has 0 aromatic heterocycles. The first-order chi connectivity index (χ1) is 25.9. The summed E-state index contributed by atoms with van der Waals surface area (Å²) in [5.74, 6) is 0.638. The molecule has 0 spiro atoms. The van der Waals surface area contributed by atoms with Crippen LogP contribution in [0.5, 0.6) is 11.5 Å². The molecule has 0 saturated heterocycles. The summed E-state index contributed by atoms with van der Waals surface area (Å²) in [5, 5.41) is 18.6. The highest BCUT2D eigenvalue weighted by molar-refractivity contribution is 9.11. The van der Waals surface area contributed by atoms with E-state index in [9.17, 15) is 19.6 Å². The van der Waals surface area contributed by atoms with Crippen molar-refractivity contribution in [2.45, 2.75) is 70.9 Å². The molecule has 0 aliphatic rings. The lowest BCUT2D eigenvalue weighted by Gasteiger charge is -2.30. The summed E-state index contributed by atoms with van der Waals surface area (Å²) < 4.78 is 19.2. The van der Waals surface area contributed by atoms with E-state index >= 15 is 0 Å². The lowest BCUT2D eigenvalue weighted by atomic mass is 10.0. The van der Waals surface area contributed by atoms with Crippen molar-refractivity contribution in [2.75, 3.05) is 74.6 Å². The molecule has 3 N–H and O–H groups in total. The molecule has 57 heavy (non-hydrogen) atoms. The standard InChI is InChI=1S/C38H56Br4N6O7.2ClH/c1-38(2,3)55-37(51)48(6)32(24-26-21-29(41)34(54-8)30(42)22-26)36(50)44-14-12-18-47(5)16-10-9-15-46(4)17-11-13-43-35(49)31(45-52)23-25-19-27(39)33(53-7)28(40)20-25;;/h19-22,32,52H,9-18,23-24H2,1-8H3,(H,43,49)(H,44,50);2*1H/b45-31+;;/t32-;;/m0../s1. The van der Waals surface area contributed by atoms with Gasteiger partial charge in [-0.1, -0.05) is 5.16 Å². The Hall–Kier alpha value is -1.86. The highest BCUT2D eigenvalue weighted by Crippen LogP contribution is 2.36. The Bertz CT molecular complexity index is 1570. The monoisotopic (exact) mass is 1100 g/mol. The summed E-state index contributed by atoms with van der Waals surface area (Å²) in [6.45, 7) is 9.80. The number of halogens is 6. The topological polar surface area (TPSA) is 145 Å². The fourth-order valence-corrected chi connectivity index (χ4v) is 8.81. The van der Waals surface area contributed by atoms with Crippen LogP contribution in [0.15, 0.2) is 47.3 Å². The van der Waals surface area contributed by atoms with Crippen LogP contribution in [0.4, 0.5) is 4.79 Å². The van der Waals surface area contributed by atoms with Gasteiger partial charge in [0, 0.05) is 33.0 Å². The zero-order chi connectivity index (χ0) is 41.3. The van der Waals surface area contributed by atoms with Gasteiger partial charge in [-0.25, -0.2) is 4.79 Å². The second-order valence-electron chi connectivity index (χ2n) is 14.3. The maximum Gasteiger partial charge on any atom is 0.410 e. The highest BCUT2D eigenvalue weighted by atomic mass is 79.9. The number of hydrogen-bond donors (Lipinski definition) is 3. The van der Waals surface area contributed by atoms with E-state index in [-0.39, 0.29) is 49.3 Å². The number of carbonyl (C=O) groups is 3. The normalized spacial score (nSPS) is 12.0. The van der Waals surface area contributed by atoms with Crippen LogP contribution in [-0.2, 0) is 27.2 Å². The van der Waals surface area contributed by atoms with Gasteiger partial charge in [-0.15, -0.1) is 24.8 Å². The predicted molar refractivity (Wildman–Crippen MR) is 245 cm³/mol. The van der Waals surface area contributed by atoms with Gasteiger partial charge < -0.3 is 39.9 Å². The number of hydrogen-bond acceptors (Lipinski definition) is 10. The second-order valence-corrected chi connectivity index (χ2v) is 17.7. The minimum absolute atomic E-state index is 0. The average molecular weight is 1100 g/mol. The Balaban J connectivity index is 0.0000157. The number of ether oxygens (including phenoxy) is 3. The van der Waals surface area contributed by atoms with Crippen molar-refractivity contribution in [1.82, 2.24) is 25.3 Å². The molecular formula is C38H58Br4Cl2N6O7. The Kier molecular flexibility index (Phi) is 26.9. The van der Waals surface area contributed by atoms with Crippen LogP contribution in [0, 0.1) is 0 Å². The molecule has 0 aliphatic heterocycles. The van der Waals surface area contributed by atoms with Crippen molar-refractivity contribution in [3.05, 3.63) is 53.3 Å². The summed E-state index contributed by atoms with van der Waals surface area (Å²) in [6, 6.07) is 6.64. The molecule has 0 unspecified atom stereocenters. The van der Waals surface area contributed by atoms with E-state index in [1.165, 1.54) is 4.90 Å². The molecule has 324 valence electrons. The van der Waals surface area contributed by atoms with E-state index in [0.29, 0.717) is 24.6 Å². The predicted octanol–water partition coefficient (Wildman–Crippen LogP) is 8.10. The number of rotatable bonds is 22. The zero-order valence-corrected chi connectivity index (χ0v) is 41.9. The molecule has 2 aromatic carbocycles. The number of nitrogens with one attached hydrogen (secondary N) is 2. The number of amides is 3. The molecule has 0 fully saturated rings. The molecule has 0 heterocycles. The van der Waals surface area contributed by atoms with Crippen molar-refractivity contribution in [1.29, 1.82) is 0 Å². The van der Waals surface area contributed by atoms with Gasteiger partial charge in [0.15, 0.2) is 0 Å². The summed E-state index contributed by atoms with van der Waals surface area (Å²) in [5.41, 5.74) is 0.969. The molecule has 2 aromatic rings. The van der Waals surface area contributed by atoms with Crippen molar-refractivity contribution < 1.29 is 33.8 Å². The summed E-state index contributed by atoms with van der Waals surface area (Å²) >= 11 is 14.0. The van der Waals surface area contributed by atoms with Gasteiger partial charge in [0.05, 0.1) is 32.1 Å². The van der Waals surface area contributed by atoms with E-state index < -0.39 is 23.6 Å². The van der Waals surface area contributed by atoms with Crippen molar-refractivity contribution in [3.63, 3.8) is 0 Å². The molecular weight excluding hydrogens is 1040 g/mol. The number of unbranched alkanes of at least 4 members (excludes halogenated alkanes) is 1. The van der Waals surface area contributed by atoms with Gasteiger partial charge in [0.2, 0.25) is 5.91 Å². The Morgan fingerprint density at radius 2 is 1.16 bits per heavy atom. The first-order valence-corrected chi connectivity index (χ1v) is 21.2.